The number of amides is 1. The summed E-state index contributed by atoms with van der Waals surface area (Å²) in [6.07, 6.45) is 0.304. The second-order valence-electron chi connectivity index (χ2n) is 3.86. The molecule has 0 aliphatic rings. The summed E-state index contributed by atoms with van der Waals surface area (Å²) in [6, 6.07) is 7.06. The molecule has 2 N–H and O–H groups in total. The number of rotatable bonds is 3. The molecule has 90 valence electrons. The van der Waals surface area contributed by atoms with Crippen LogP contribution in [0.3, 0.4) is 0 Å². The van der Waals surface area contributed by atoms with Gasteiger partial charge >= 0.3 is 0 Å². The van der Waals surface area contributed by atoms with Crippen LogP contribution in [0.25, 0.3) is 0 Å². The highest BCUT2D eigenvalue weighted by Crippen LogP contribution is 2.20. The molecule has 0 aliphatic carbocycles. The Balaban J connectivity index is 2.93. The van der Waals surface area contributed by atoms with E-state index in [1.54, 1.807) is 25.2 Å². The molecule has 0 fully saturated rings. The van der Waals surface area contributed by atoms with Gasteiger partial charge < -0.3 is 10.6 Å². The molecule has 0 aromatic heterocycles. The lowest BCUT2D eigenvalue weighted by Crippen LogP contribution is -2.35. The summed E-state index contributed by atoms with van der Waals surface area (Å²) in [5, 5.41) is 8.61. The van der Waals surface area contributed by atoms with Crippen LogP contribution in [-0.4, -0.2) is 23.9 Å². The first-order valence-electron chi connectivity index (χ1n) is 5.16. The first-order valence-corrected chi connectivity index (χ1v) is 5.95. The van der Waals surface area contributed by atoms with Gasteiger partial charge in [-0.1, -0.05) is 15.9 Å². The van der Waals surface area contributed by atoms with E-state index < -0.39 is 0 Å². The predicted molar refractivity (Wildman–Crippen MR) is 70.3 cm³/mol. The van der Waals surface area contributed by atoms with E-state index in [-0.39, 0.29) is 11.9 Å². The van der Waals surface area contributed by atoms with Gasteiger partial charge in [-0.2, -0.15) is 5.26 Å². The van der Waals surface area contributed by atoms with Crippen LogP contribution < -0.4 is 5.73 Å². The lowest BCUT2D eigenvalue weighted by Gasteiger charge is -2.23. The van der Waals surface area contributed by atoms with Crippen molar-refractivity contribution in [3.8, 4) is 6.07 Å². The number of nitrogens with zero attached hydrogens (tertiary/aromatic N) is 2. The summed E-state index contributed by atoms with van der Waals surface area (Å²) >= 11 is 3.29. The lowest BCUT2D eigenvalue weighted by atomic mass is 10.1. The van der Waals surface area contributed by atoms with Gasteiger partial charge in [-0.05, 0) is 25.1 Å². The molecule has 0 spiro atoms. The third kappa shape index (κ3) is 3.21. The fraction of sp³-hybridized carbons (Fsp3) is 0.333. The predicted octanol–water partition coefficient (Wildman–Crippen LogP) is 2.41. The van der Waals surface area contributed by atoms with Gasteiger partial charge in [0, 0.05) is 23.2 Å². The summed E-state index contributed by atoms with van der Waals surface area (Å²) in [4.78, 5) is 13.6. The maximum Gasteiger partial charge on any atom is 0.255 e. The van der Waals surface area contributed by atoms with Crippen LogP contribution in [-0.2, 0) is 0 Å². The van der Waals surface area contributed by atoms with E-state index in [0.717, 1.165) is 4.47 Å². The smallest absolute Gasteiger partial charge is 0.255 e. The summed E-state index contributed by atoms with van der Waals surface area (Å²) in [6.45, 7) is 1.83. The molecule has 4 nitrogen and oxygen atoms in total. The molecule has 0 heterocycles. The largest absolute Gasteiger partial charge is 0.398 e. The van der Waals surface area contributed by atoms with E-state index in [4.69, 9.17) is 11.0 Å². The zero-order chi connectivity index (χ0) is 13.0. The van der Waals surface area contributed by atoms with Crippen molar-refractivity contribution in [1.82, 2.24) is 4.90 Å². The molecule has 0 saturated heterocycles. The number of carbonyl (C=O) groups excluding carboxylic acids is 1. The minimum absolute atomic E-state index is 0.129. The van der Waals surface area contributed by atoms with E-state index in [9.17, 15) is 4.79 Å². The number of benzene rings is 1. The molecule has 1 amide bonds. The van der Waals surface area contributed by atoms with E-state index >= 15 is 0 Å². The van der Waals surface area contributed by atoms with E-state index in [0.29, 0.717) is 17.7 Å². The van der Waals surface area contributed by atoms with Crippen LogP contribution in [0.1, 0.15) is 23.7 Å². The molecular formula is C12H14BrN3O. The van der Waals surface area contributed by atoms with Gasteiger partial charge in [-0.15, -0.1) is 0 Å². The summed E-state index contributed by atoms with van der Waals surface area (Å²) in [5.41, 5.74) is 6.68. The molecule has 0 aliphatic heterocycles. The normalized spacial score (nSPS) is 11.6. The number of hydrogen-bond acceptors (Lipinski definition) is 3. The molecule has 5 heteroatoms. The van der Waals surface area contributed by atoms with Gasteiger partial charge in [0.25, 0.3) is 5.91 Å². The van der Waals surface area contributed by atoms with Crippen molar-refractivity contribution in [2.75, 3.05) is 12.8 Å². The van der Waals surface area contributed by atoms with Crippen LogP contribution in [0.5, 0.6) is 0 Å². The first-order chi connectivity index (χ1) is 7.97. The molecule has 1 atom stereocenters. The van der Waals surface area contributed by atoms with E-state index in [2.05, 4.69) is 15.9 Å². The first kappa shape index (κ1) is 13.5. The standard InChI is InChI=1S/C12H14BrN3O/c1-8(5-6-14)16(2)12(17)10-4-3-9(13)7-11(10)15/h3-4,7-8H,5,15H2,1-2H3. The maximum absolute atomic E-state index is 12.1. The SMILES string of the molecule is CC(CC#N)N(C)C(=O)c1ccc(Br)cc1N. The summed E-state index contributed by atoms with van der Waals surface area (Å²) in [7, 11) is 1.67. The van der Waals surface area contributed by atoms with Crippen molar-refractivity contribution in [2.24, 2.45) is 0 Å². The molecule has 0 saturated carbocycles. The lowest BCUT2D eigenvalue weighted by molar-refractivity contribution is 0.0747. The van der Waals surface area contributed by atoms with Crippen LogP contribution >= 0.6 is 15.9 Å². The highest BCUT2D eigenvalue weighted by atomic mass is 79.9. The number of carbonyl (C=O) groups is 1. The fourth-order valence-corrected chi connectivity index (χ4v) is 1.77. The average molecular weight is 296 g/mol. The number of nitrogen functional groups attached to an aromatic ring is 1. The third-order valence-electron chi connectivity index (χ3n) is 2.61. The molecular weight excluding hydrogens is 282 g/mol. The van der Waals surface area contributed by atoms with Crippen LogP contribution in [0.15, 0.2) is 22.7 Å². The van der Waals surface area contributed by atoms with Crippen LogP contribution in [0.2, 0.25) is 0 Å². The van der Waals surface area contributed by atoms with Crippen molar-refractivity contribution >= 4 is 27.5 Å². The second kappa shape index (κ2) is 5.69. The van der Waals surface area contributed by atoms with Crippen molar-refractivity contribution in [2.45, 2.75) is 19.4 Å². The Kier molecular flexibility index (Phi) is 4.53. The quantitative estimate of drug-likeness (QED) is 0.871. The number of halogens is 1. The Morgan fingerprint density at radius 2 is 2.29 bits per heavy atom. The third-order valence-corrected chi connectivity index (χ3v) is 3.11. The zero-order valence-electron chi connectivity index (χ0n) is 9.77. The minimum atomic E-state index is -0.169. The molecule has 1 rings (SSSR count). The number of nitrogens with two attached hydrogens (primary N) is 1. The summed E-state index contributed by atoms with van der Waals surface area (Å²) in [5.74, 6) is -0.169. The van der Waals surface area contributed by atoms with Crippen LogP contribution in [0.4, 0.5) is 5.69 Å². The fourth-order valence-electron chi connectivity index (χ4n) is 1.39. The van der Waals surface area contributed by atoms with Crippen molar-refractivity contribution in [3.63, 3.8) is 0 Å². The number of hydrogen-bond donors (Lipinski definition) is 1. The summed E-state index contributed by atoms with van der Waals surface area (Å²) < 4.78 is 0.833. The molecule has 17 heavy (non-hydrogen) atoms. The van der Waals surface area contributed by atoms with Crippen molar-refractivity contribution in [1.29, 1.82) is 5.26 Å². The maximum atomic E-state index is 12.1. The molecule has 1 aromatic carbocycles. The Bertz CT molecular complexity index is 467. The average Bonchev–Trinajstić information content (AvgIpc) is 2.27. The Hall–Kier alpha value is -1.54. The van der Waals surface area contributed by atoms with Gasteiger partial charge in [0.2, 0.25) is 0 Å². The second-order valence-corrected chi connectivity index (χ2v) is 4.77. The Morgan fingerprint density at radius 3 is 2.82 bits per heavy atom. The highest BCUT2D eigenvalue weighted by Gasteiger charge is 2.19. The number of nitriles is 1. The Labute approximate surface area is 109 Å². The van der Waals surface area contributed by atoms with Gasteiger partial charge in [-0.3, -0.25) is 4.79 Å². The van der Waals surface area contributed by atoms with Gasteiger partial charge in [-0.25, -0.2) is 0 Å². The van der Waals surface area contributed by atoms with E-state index in [1.165, 1.54) is 4.90 Å². The zero-order valence-corrected chi connectivity index (χ0v) is 11.4. The van der Waals surface area contributed by atoms with E-state index in [1.807, 2.05) is 13.0 Å². The molecule has 0 bridgehead atoms. The monoisotopic (exact) mass is 295 g/mol. The van der Waals surface area contributed by atoms with Gasteiger partial charge in [0.05, 0.1) is 18.1 Å². The molecule has 1 aromatic rings. The van der Waals surface area contributed by atoms with Crippen LogP contribution in [0, 0.1) is 11.3 Å². The van der Waals surface area contributed by atoms with Gasteiger partial charge in [0.15, 0.2) is 0 Å². The highest BCUT2D eigenvalue weighted by molar-refractivity contribution is 9.10. The minimum Gasteiger partial charge on any atom is -0.398 e. The Morgan fingerprint density at radius 1 is 1.65 bits per heavy atom. The van der Waals surface area contributed by atoms with Gasteiger partial charge in [0.1, 0.15) is 0 Å². The van der Waals surface area contributed by atoms with Crippen molar-refractivity contribution in [3.05, 3.63) is 28.2 Å². The molecule has 1 unspecified atom stereocenters. The van der Waals surface area contributed by atoms with Crippen molar-refractivity contribution < 1.29 is 4.79 Å². The topological polar surface area (TPSA) is 70.1 Å². The number of anilines is 1. The molecule has 0 radical (unpaired) electrons.